The lowest BCUT2D eigenvalue weighted by Gasteiger charge is -2.08. The zero-order valence-electron chi connectivity index (χ0n) is 9.51. The molecular formula is C14H10BrCl2N. The molecule has 0 saturated heterocycles. The van der Waals surface area contributed by atoms with E-state index in [2.05, 4.69) is 27.0 Å². The Morgan fingerprint density at radius 1 is 1.06 bits per heavy atom. The van der Waals surface area contributed by atoms with Gasteiger partial charge in [0.2, 0.25) is 0 Å². The average molecular weight is 343 g/mol. The molecule has 1 aliphatic rings. The maximum atomic E-state index is 6.30. The van der Waals surface area contributed by atoms with Crippen LogP contribution in [0.5, 0.6) is 0 Å². The van der Waals surface area contributed by atoms with Gasteiger partial charge in [0, 0.05) is 32.8 Å². The van der Waals surface area contributed by atoms with Gasteiger partial charge in [-0.1, -0.05) is 23.2 Å². The summed E-state index contributed by atoms with van der Waals surface area (Å²) in [6.45, 7) is 0. The predicted octanol–water partition coefficient (Wildman–Crippen LogP) is 4.84. The molecule has 0 N–H and O–H groups in total. The molecule has 4 heteroatoms. The summed E-state index contributed by atoms with van der Waals surface area (Å²) in [6, 6.07) is 5.97. The van der Waals surface area contributed by atoms with E-state index in [1.807, 2.05) is 18.3 Å². The van der Waals surface area contributed by atoms with Crippen LogP contribution < -0.4 is 0 Å². The minimum absolute atomic E-state index is 0.707. The Morgan fingerprint density at radius 3 is 2.67 bits per heavy atom. The van der Waals surface area contributed by atoms with Crippen molar-refractivity contribution in [2.24, 2.45) is 0 Å². The van der Waals surface area contributed by atoms with Gasteiger partial charge in [-0.2, -0.15) is 0 Å². The number of hydrogen-bond acceptors (Lipinski definition) is 1. The van der Waals surface area contributed by atoms with Crippen LogP contribution >= 0.6 is 39.1 Å². The molecule has 18 heavy (non-hydrogen) atoms. The lowest BCUT2D eigenvalue weighted by atomic mass is 10.0. The third kappa shape index (κ3) is 2.29. The Balaban J connectivity index is 2.12. The monoisotopic (exact) mass is 341 g/mol. The highest BCUT2D eigenvalue weighted by atomic mass is 79.9. The van der Waals surface area contributed by atoms with Gasteiger partial charge in [-0.3, -0.25) is 4.98 Å². The molecule has 0 unspecified atom stereocenters. The van der Waals surface area contributed by atoms with E-state index in [-0.39, 0.29) is 0 Å². The highest BCUT2D eigenvalue weighted by molar-refractivity contribution is 9.10. The maximum Gasteiger partial charge on any atom is 0.0480 e. The fourth-order valence-corrected chi connectivity index (χ4v) is 3.38. The number of benzene rings is 1. The number of hydrogen-bond donors (Lipinski definition) is 0. The van der Waals surface area contributed by atoms with Crippen LogP contribution in [-0.4, -0.2) is 4.98 Å². The number of fused-ring (bicyclic) bond motifs is 2. The molecule has 92 valence electrons. The number of rotatable bonds is 0. The smallest absolute Gasteiger partial charge is 0.0480 e. The number of aromatic nitrogens is 1. The summed E-state index contributed by atoms with van der Waals surface area (Å²) in [5.41, 5.74) is 4.80. The van der Waals surface area contributed by atoms with Gasteiger partial charge in [-0.05, 0) is 63.7 Å². The van der Waals surface area contributed by atoms with Crippen LogP contribution in [0.4, 0.5) is 0 Å². The minimum Gasteiger partial charge on any atom is -0.259 e. The van der Waals surface area contributed by atoms with Gasteiger partial charge in [0.15, 0.2) is 0 Å². The van der Waals surface area contributed by atoms with E-state index in [0.29, 0.717) is 5.02 Å². The normalized spacial score (nSPS) is 13.7. The van der Waals surface area contributed by atoms with Crippen molar-refractivity contribution in [1.29, 1.82) is 0 Å². The van der Waals surface area contributed by atoms with Crippen LogP contribution in [0.15, 0.2) is 28.9 Å². The Morgan fingerprint density at radius 2 is 1.83 bits per heavy atom. The first-order valence-electron chi connectivity index (χ1n) is 5.73. The summed E-state index contributed by atoms with van der Waals surface area (Å²) >= 11 is 15.8. The molecule has 2 aromatic rings. The Labute approximate surface area is 124 Å². The standard InChI is InChI=1S/C14H10BrCl2N/c15-10-3-9-2-1-8-4-11(16)5-13(17)12(8)6-14(9)18-7-10/h3-5,7H,1-2,6H2. The van der Waals surface area contributed by atoms with Gasteiger partial charge in [-0.25, -0.2) is 0 Å². The summed E-state index contributed by atoms with van der Waals surface area (Å²) < 4.78 is 1.02. The molecule has 1 aromatic carbocycles. The third-order valence-electron chi connectivity index (χ3n) is 3.29. The van der Waals surface area contributed by atoms with Gasteiger partial charge < -0.3 is 0 Å². The van der Waals surface area contributed by atoms with Crippen molar-refractivity contribution >= 4 is 39.1 Å². The molecule has 3 rings (SSSR count). The van der Waals surface area contributed by atoms with Crippen LogP contribution in [0, 0.1) is 0 Å². The van der Waals surface area contributed by atoms with Gasteiger partial charge in [0.25, 0.3) is 0 Å². The van der Waals surface area contributed by atoms with E-state index in [9.17, 15) is 0 Å². The summed E-state index contributed by atoms with van der Waals surface area (Å²) in [7, 11) is 0. The van der Waals surface area contributed by atoms with Crippen LogP contribution in [0.2, 0.25) is 10.0 Å². The third-order valence-corrected chi connectivity index (χ3v) is 4.28. The first kappa shape index (κ1) is 12.5. The second kappa shape index (κ2) is 4.84. The lowest BCUT2D eigenvalue weighted by molar-refractivity contribution is 0.949. The molecule has 1 heterocycles. The van der Waals surface area contributed by atoms with E-state index in [0.717, 1.165) is 40.0 Å². The summed E-state index contributed by atoms with van der Waals surface area (Å²) in [4.78, 5) is 4.50. The SMILES string of the molecule is Clc1cc(Cl)c2c(c1)CCc1cc(Br)cnc1C2. The zero-order chi connectivity index (χ0) is 12.7. The predicted molar refractivity (Wildman–Crippen MR) is 78.6 cm³/mol. The number of pyridine rings is 1. The number of halogens is 3. The van der Waals surface area contributed by atoms with Gasteiger partial charge >= 0.3 is 0 Å². The van der Waals surface area contributed by atoms with Crippen molar-refractivity contribution in [3.63, 3.8) is 0 Å². The van der Waals surface area contributed by atoms with Crippen molar-refractivity contribution in [2.75, 3.05) is 0 Å². The first-order valence-corrected chi connectivity index (χ1v) is 7.28. The van der Waals surface area contributed by atoms with E-state index in [1.54, 1.807) is 0 Å². The molecule has 1 aliphatic carbocycles. The van der Waals surface area contributed by atoms with Crippen LogP contribution in [0.3, 0.4) is 0 Å². The molecule has 0 bridgehead atoms. The summed E-state index contributed by atoms with van der Waals surface area (Å²) in [6.07, 6.45) is 4.56. The zero-order valence-corrected chi connectivity index (χ0v) is 12.6. The highest BCUT2D eigenvalue weighted by Gasteiger charge is 2.17. The minimum atomic E-state index is 0.707. The van der Waals surface area contributed by atoms with E-state index < -0.39 is 0 Å². The van der Waals surface area contributed by atoms with Crippen LogP contribution in [0.25, 0.3) is 0 Å². The fourth-order valence-electron chi connectivity index (χ4n) is 2.40. The molecule has 0 radical (unpaired) electrons. The molecule has 0 saturated carbocycles. The first-order chi connectivity index (χ1) is 8.63. The van der Waals surface area contributed by atoms with Crippen LogP contribution in [0.1, 0.15) is 22.4 Å². The molecule has 1 nitrogen and oxygen atoms in total. The van der Waals surface area contributed by atoms with Crippen LogP contribution in [-0.2, 0) is 19.3 Å². The Hall–Kier alpha value is -0.570. The Bertz CT molecular complexity index is 625. The summed E-state index contributed by atoms with van der Waals surface area (Å²) in [5.74, 6) is 0. The molecule has 0 atom stereocenters. The molecule has 0 aliphatic heterocycles. The van der Waals surface area contributed by atoms with Crippen molar-refractivity contribution < 1.29 is 0 Å². The van der Waals surface area contributed by atoms with Crippen molar-refractivity contribution in [3.8, 4) is 0 Å². The number of nitrogens with zero attached hydrogens (tertiary/aromatic N) is 1. The van der Waals surface area contributed by atoms with Crippen molar-refractivity contribution in [3.05, 3.63) is 61.3 Å². The molecular weight excluding hydrogens is 333 g/mol. The molecule has 0 spiro atoms. The van der Waals surface area contributed by atoms with Gasteiger partial charge in [0.1, 0.15) is 0 Å². The lowest BCUT2D eigenvalue weighted by Crippen LogP contribution is -1.97. The molecule has 0 amide bonds. The van der Waals surface area contributed by atoms with Gasteiger partial charge in [-0.15, -0.1) is 0 Å². The van der Waals surface area contributed by atoms with Gasteiger partial charge in [0.05, 0.1) is 0 Å². The molecule has 0 fully saturated rings. The largest absolute Gasteiger partial charge is 0.259 e. The second-order valence-corrected chi connectivity index (χ2v) is 6.22. The number of aryl methyl sites for hydroxylation is 2. The van der Waals surface area contributed by atoms with E-state index >= 15 is 0 Å². The fraction of sp³-hybridized carbons (Fsp3) is 0.214. The molecule has 1 aromatic heterocycles. The topological polar surface area (TPSA) is 12.9 Å². The Kier molecular flexibility index (Phi) is 3.35. The maximum absolute atomic E-state index is 6.30. The van der Waals surface area contributed by atoms with E-state index in [1.165, 1.54) is 11.1 Å². The van der Waals surface area contributed by atoms with E-state index in [4.69, 9.17) is 23.2 Å². The average Bonchev–Trinajstić information content (AvgIpc) is 2.49. The van der Waals surface area contributed by atoms with Crippen molar-refractivity contribution in [1.82, 2.24) is 4.98 Å². The second-order valence-electron chi connectivity index (χ2n) is 4.46. The highest BCUT2D eigenvalue weighted by Crippen LogP contribution is 2.32. The summed E-state index contributed by atoms with van der Waals surface area (Å²) in [5, 5.41) is 1.45. The quantitative estimate of drug-likeness (QED) is 0.667. The van der Waals surface area contributed by atoms with Crippen molar-refractivity contribution in [2.45, 2.75) is 19.3 Å².